The van der Waals surface area contributed by atoms with Crippen LogP contribution in [0.1, 0.15) is 122 Å². The van der Waals surface area contributed by atoms with Gasteiger partial charge < -0.3 is 4.74 Å². The van der Waals surface area contributed by atoms with E-state index in [0.717, 1.165) is 42.4 Å². The SMILES string of the molecule is CCCC1CCC(CCC2CCC(CCC3CCC(C(=O)OC)CC3)CC2)CC1. The number of carbonyl (C=O) groups excluding carboxylic acids is 1. The molecule has 3 aliphatic carbocycles. The molecular weight excluding hydrogens is 356 g/mol. The van der Waals surface area contributed by atoms with Crippen molar-refractivity contribution in [3.63, 3.8) is 0 Å². The fourth-order valence-corrected chi connectivity index (χ4v) is 6.82. The van der Waals surface area contributed by atoms with Gasteiger partial charge in [0.2, 0.25) is 0 Å². The van der Waals surface area contributed by atoms with Gasteiger partial charge >= 0.3 is 5.97 Å². The Kier molecular flexibility index (Phi) is 9.86. The highest BCUT2D eigenvalue weighted by Crippen LogP contribution is 2.40. The minimum absolute atomic E-state index is 0.0239. The third kappa shape index (κ3) is 7.59. The first-order chi connectivity index (χ1) is 14.2. The van der Waals surface area contributed by atoms with Crippen LogP contribution in [0.2, 0.25) is 0 Å². The van der Waals surface area contributed by atoms with Gasteiger partial charge in [0, 0.05) is 0 Å². The normalized spacial score (nSPS) is 35.9. The zero-order valence-corrected chi connectivity index (χ0v) is 19.5. The van der Waals surface area contributed by atoms with Crippen molar-refractivity contribution in [1.29, 1.82) is 0 Å². The molecule has 3 saturated carbocycles. The first kappa shape index (κ1) is 23.1. The van der Waals surface area contributed by atoms with Gasteiger partial charge in [-0.1, -0.05) is 96.8 Å². The summed E-state index contributed by atoms with van der Waals surface area (Å²) in [6, 6.07) is 0. The molecule has 2 nitrogen and oxygen atoms in total. The zero-order chi connectivity index (χ0) is 20.5. The average Bonchev–Trinajstić information content (AvgIpc) is 2.78. The van der Waals surface area contributed by atoms with Gasteiger partial charge in [0.25, 0.3) is 0 Å². The Morgan fingerprint density at radius 2 is 0.897 bits per heavy atom. The predicted molar refractivity (Wildman–Crippen MR) is 122 cm³/mol. The van der Waals surface area contributed by atoms with E-state index in [2.05, 4.69) is 6.92 Å². The smallest absolute Gasteiger partial charge is 0.308 e. The van der Waals surface area contributed by atoms with Crippen LogP contribution in [0.15, 0.2) is 0 Å². The van der Waals surface area contributed by atoms with Crippen molar-refractivity contribution >= 4 is 5.97 Å². The summed E-state index contributed by atoms with van der Waals surface area (Å²) in [7, 11) is 1.53. The molecule has 3 aliphatic rings. The van der Waals surface area contributed by atoms with Gasteiger partial charge in [-0.3, -0.25) is 4.79 Å². The quantitative estimate of drug-likeness (QED) is 0.364. The number of hydrogen-bond donors (Lipinski definition) is 0. The summed E-state index contributed by atoms with van der Waals surface area (Å²) in [5.74, 6) is 5.23. The molecule has 0 aliphatic heterocycles. The highest BCUT2D eigenvalue weighted by atomic mass is 16.5. The molecule has 0 atom stereocenters. The molecule has 0 aromatic heterocycles. The fourth-order valence-electron chi connectivity index (χ4n) is 6.82. The van der Waals surface area contributed by atoms with Crippen molar-refractivity contribution in [2.45, 2.75) is 122 Å². The molecule has 3 rings (SSSR count). The van der Waals surface area contributed by atoms with Crippen molar-refractivity contribution in [1.82, 2.24) is 0 Å². The Hall–Kier alpha value is -0.530. The number of methoxy groups -OCH3 is 1. The maximum Gasteiger partial charge on any atom is 0.308 e. The van der Waals surface area contributed by atoms with Gasteiger partial charge in [-0.15, -0.1) is 0 Å². The van der Waals surface area contributed by atoms with E-state index >= 15 is 0 Å². The van der Waals surface area contributed by atoms with E-state index in [-0.39, 0.29) is 11.9 Å². The lowest BCUT2D eigenvalue weighted by molar-refractivity contribution is -0.146. The Labute approximate surface area is 180 Å². The van der Waals surface area contributed by atoms with Crippen LogP contribution < -0.4 is 0 Å². The molecule has 0 bridgehead atoms. The van der Waals surface area contributed by atoms with E-state index < -0.39 is 0 Å². The van der Waals surface area contributed by atoms with Gasteiger partial charge in [0.1, 0.15) is 0 Å². The Morgan fingerprint density at radius 3 is 1.21 bits per heavy atom. The molecule has 0 unspecified atom stereocenters. The topological polar surface area (TPSA) is 26.3 Å². The average molecular weight is 405 g/mol. The predicted octanol–water partition coefficient (Wildman–Crippen LogP) is 7.94. The Bertz CT molecular complexity index is 449. The molecular formula is C27H48O2. The largest absolute Gasteiger partial charge is 0.469 e. The molecule has 0 heterocycles. The molecule has 168 valence electrons. The van der Waals surface area contributed by atoms with E-state index in [1.165, 1.54) is 110 Å². The summed E-state index contributed by atoms with van der Waals surface area (Å²) in [6.45, 7) is 2.35. The van der Waals surface area contributed by atoms with Crippen LogP contribution in [0.3, 0.4) is 0 Å². The molecule has 0 saturated heterocycles. The second kappa shape index (κ2) is 12.4. The Balaban J connectivity index is 1.23. The number of hydrogen-bond acceptors (Lipinski definition) is 2. The number of esters is 1. The van der Waals surface area contributed by atoms with Crippen LogP contribution in [0.4, 0.5) is 0 Å². The van der Waals surface area contributed by atoms with Crippen LogP contribution in [-0.4, -0.2) is 13.1 Å². The van der Waals surface area contributed by atoms with E-state index in [1.54, 1.807) is 0 Å². The van der Waals surface area contributed by atoms with Crippen molar-refractivity contribution < 1.29 is 9.53 Å². The van der Waals surface area contributed by atoms with Gasteiger partial charge in [-0.2, -0.15) is 0 Å². The summed E-state index contributed by atoms with van der Waals surface area (Å²) in [5, 5.41) is 0. The highest BCUT2D eigenvalue weighted by Gasteiger charge is 2.28. The van der Waals surface area contributed by atoms with Crippen LogP contribution in [0, 0.1) is 35.5 Å². The van der Waals surface area contributed by atoms with Gasteiger partial charge in [-0.25, -0.2) is 0 Å². The first-order valence-electron chi connectivity index (χ1n) is 13.3. The molecule has 0 N–H and O–H groups in total. The molecule has 29 heavy (non-hydrogen) atoms. The summed E-state index contributed by atoms with van der Waals surface area (Å²) < 4.78 is 4.92. The monoisotopic (exact) mass is 404 g/mol. The maximum absolute atomic E-state index is 11.7. The summed E-state index contributed by atoms with van der Waals surface area (Å²) in [6.07, 6.45) is 25.5. The zero-order valence-electron chi connectivity index (χ0n) is 19.5. The second-order valence-corrected chi connectivity index (χ2v) is 11.0. The number of ether oxygens (including phenoxy) is 1. The lowest BCUT2D eigenvalue weighted by atomic mass is 9.73. The van der Waals surface area contributed by atoms with Gasteiger partial charge in [0.15, 0.2) is 0 Å². The van der Waals surface area contributed by atoms with E-state index in [4.69, 9.17) is 4.74 Å². The lowest BCUT2D eigenvalue weighted by Crippen LogP contribution is -2.23. The lowest BCUT2D eigenvalue weighted by Gasteiger charge is -2.33. The second-order valence-electron chi connectivity index (χ2n) is 11.0. The molecule has 0 spiro atoms. The van der Waals surface area contributed by atoms with Crippen molar-refractivity contribution in [2.24, 2.45) is 35.5 Å². The summed E-state index contributed by atoms with van der Waals surface area (Å²) in [5.41, 5.74) is 0. The minimum atomic E-state index is 0.0239. The molecule has 0 aromatic rings. The van der Waals surface area contributed by atoms with Crippen molar-refractivity contribution in [3.8, 4) is 0 Å². The van der Waals surface area contributed by atoms with Crippen LogP contribution in [0.25, 0.3) is 0 Å². The maximum atomic E-state index is 11.7. The molecule has 3 fully saturated rings. The van der Waals surface area contributed by atoms with E-state index in [1.807, 2.05) is 0 Å². The standard InChI is InChI=1S/C27H48O2/c1-3-4-21-5-7-22(8-6-21)9-10-23-11-13-24(14-12-23)15-16-25-17-19-26(20-18-25)27(28)29-2/h21-26H,3-20H2,1-2H3. The number of rotatable bonds is 9. The van der Waals surface area contributed by atoms with Crippen LogP contribution >= 0.6 is 0 Å². The third-order valence-electron chi connectivity index (χ3n) is 8.98. The van der Waals surface area contributed by atoms with E-state index in [9.17, 15) is 4.79 Å². The third-order valence-corrected chi connectivity index (χ3v) is 8.98. The molecule has 0 amide bonds. The molecule has 0 aromatic carbocycles. The van der Waals surface area contributed by atoms with Crippen LogP contribution in [0.5, 0.6) is 0 Å². The van der Waals surface area contributed by atoms with E-state index in [0.29, 0.717) is 0 Å². The summed E-state index contributed by atoms with van der Waals surface area (Å²) >= 11 is 0. The highest BCUT2D eigenvalue weighted by molar-refractivity contribution is 5.72. The van der Waals surface area contributed by atoms with Crippen LogP contribution in [-0.2, 0) is 9.53 Å². The van der Waals surface area contributed by atoms with Gasteiger partial charge in [-0.05, 0) is 55.3 Å². The van der Waals surface area contributed by atoms with Crippen molar-refractivity contribution in [2.75, 3.05) is 7.11 Å². The number of carbonyl (C=O) groups is 1. The fraction of sp³-hybridized carbons (Fsp3) is 0.963. The van der Waals surface area contributed by atoms with Crippen molar-refractivity contribution in [3.05, 3.63) is 0 Å². The molecule has 2 heteroatoms. The van der Waals surface area contributed by atoms with Gasteiger partial charge in [0.05, 0.1) is 13.0 Å². The first-order valence-corrected chi connectivity index (χ1v) is 13.3. The molecule has 0 radical (unpaired) electrons. The summed E-state index contributed by atoms with van der Waals surface area (Å²) in [4.78, 5) is 11.7. The Morgan fingerprint density at radius 1 is 0.586 bits per heavy atom. The minimum Gasteiger partial charge on any atom is -0.469 e.